The number of benzene rings is 2. The number of aromatic nitrogens is 2. The summed E-state index contributed by atoms with van der Waals surface area (Å²) < 4.78 is 16.8. The molecule has 0 atom stereocenters. The van der Waals surface area contributed by atoms with Gasteiger partial charge in [0, 0.05) is 5.02 Å². The Bertz CT molecular complexity index is 1220. The van der Waals surface area contributed by atoms with Gasteiger partial charge in [0.25, 0.3) is 5.91 Å². The van der Waals surface area contributed by atoms with Crippen molar-refractivity contribution in [1.29, 1.82) is 5.26 Å². The summed E-state index contributed by atoms with van der Waals surface area (Å²) in [4.78, 5) is 12.4. The molecule has 1 amide bonds. The summed E-state index contributed by atoms with van der Waals surface area (Å²) in [5.41, 5.74) is 1.46. The number of anilines is 1. The molecular weight excluding hydrogens is 464 g/mol. The lowest BCUT2D eigenvalue weighted by molar-refractivity contribution is -0.112. The fraction of sp³-hybridized carbons (Fsp3) is 0.217. The number of nitrogens with zero attached hydrogens (tertiary/aromatic N) is 3. The first-order chi connectivity index (χ1) is 15.9. The van der Waals surface area contributed by atoms with Gasteiger partial charge in [-0.05, 0) is 61.4 Å². The molecule has 10 heteroatoms. The Hall–Kier alpha value is -3.61. The van der Waals surface area contributed by atoms with Crippen molar-refractivity contribution in [3.8, 4) is 23.3 Å². The van der Waals surface area contributed by atoms with Gasteiger partial charge in [-0.25, -0.2) is 0 Å². The molecule has 33 heavy (non-hydrogen) atoms. The molecule has 170 valence electrons. The molecule has 0 unspecified atom stereocenters. The molecule has 8 nitrogen and oxygen atoms in total. The molecule has 0 aliphatic carbocycles. The molecule has 3 aromatic rings. The van der Waals surface area contributed by atoms with E-state index in [1.165, 1.54) is 24.5 Å². The topological polar surface area (TPSA) is 106 Å². The number of carbonyl (C=O) groups excluding carboxylic acids is 1. The number of methoxy groups -OCH3 is 1. The van der Waals surface area contributed by atoms with Crippen molar-refractivity contribution in [2.24, 2.45) is 0 Å². The second-order valence-electron chi connectivity index (χ2n) is 6.77. The van der Waals surface area contributed by atoms with E-state index in [-0.39, 0.29) is 5.57 Å². The highest BCUT2D eigenvalue weighted by molar-refractivity contribution is 7.15. The molecule has 2 aromatic carbocycles. The lowest BCUT2D eigenvalue weighted by Crippen LogP contribution is -2.13. The highest BCUT2D eigenvalue weighted by Crippen LogP contribution is 2.29. The van der Waals surface area contributed by atoms with Gasteiger partial charge < -0.3 is 14.2 Å². The van der Waals surface area contributed by atoms with E-state index in [4.69, 9.17) is 25.8 Å². The first kappa shape index (κ1) is 24.0. The summed E-state index contributed by atoms with van der Waals surface area (Å²) in [6, 6.07) is 12.5. The highest BCUT2D eigenvalue weighted by Gasteiger charge is 2.13. The van der Waals surface area contributed by atoms with Crippen LogP contribution in [0.5, 0.6) is 17.2 Å². The van der Waals surface area contributed by atoms with Crippen molar-refractivity contribution in [3.05, 3.63) is 63.1 Å². The summed E-state index contributed by atoms with van der Waals surface area (Å²) in [6.07, 6.45) is 1.46. The highest BCUT2D eigenvalue weighted by atomic mass is 35.5. The van der Waals surface area contributed by atoms with Crippen molar-refractivity contribution in [3.63, 3.8) is 0 Å². The maximum Gasteiger partial charge on any atom is 0.268 e. The Morgan fingerprint density at radius 3 is 2.61 bits per heavy atom. The number of carbonyl (C=O) groups is 1. The number of aryl methyl sites for hydroxylation is 2. The molecule has 1 N–H and O–H groups in total. The van der Waals surface area contributed by atoms with Crippen LogP contribution >= 0.6 is 22.9 Å². The largest absolute Gasteiger partial charge is 0.493 e. The van der Waals surface area contributed by atoms with Gasteiger partial charge in [-0.15, -0.1) is 10.2 Å². The SMILES string of the molecule is COc1cc(C=C(C#N)C(=O)Nc2nnc(C)s2)ccc1OCCOc1ccc(Cl)c(C)c1. The number of hydrogen-bond acceptors (Lipinski definition) is 8. The van der Waals surface area contributed by atoms with Gasteiger partial charge in [-0.2, -0.15) is 5.26 Å². The zero-order chi connectivity index (χ0) is 23.8. The number of nitrogens with one attached hydrogen (secondary N) is 1. The minimum atomic E-state index is -0.567. The minimum Gasteiger partial charge on any atom is -0.493 e. The predicted molar refractivity (Wildman–Crippen MR) is 127 cm³/mol. The Kier molecular flexibility index (Phi) is 8.24. The summed E-state index contributed by atoms with van der Waals surface area (Å²) in [5, 5.41) is 21.4. The van der Waals surface area contributed by atoms with Crippen LogP contribution in [0.4, 0.5) is 5.13 Å². The van der Waals surface area contributed by atoms with Crippen LogP contribution in [0.2, 0.25) is 5.02 Å². The third-order valence-corrected chi connectivity index (χ3v) is 5.53. The van der Waals surface area contributed by atoms with Crippen molar-refractivity contribution in [2.75, 3.05) is 25.6 Å². The van der Waals surface area contributed by atoms with Crippen LogP contribution in [0.25, 0.3) is 6.08 Å². The summed E-state index contributed by atoms with van der Waals surface area (Å²) >= 11 is 7.24. The van der Waals surface area contributed by atoms with Gasteiger partial charge in [-0.3, -0.25) is 10.1 Å². The van der Waals surface area contributed by atoms with Gasteiger partial charge in [-0.1, -0.05) is 29.0 Å². The normalized spacial score (nSPS) is 10.9. The van der Waals surface area contributed by atoms with Crippen molar-refractivity contribution < 1.29 is 19.0 Å². The molecule has 0 aliphatic heterocycles. The number of hydrogen-bond donors (Lipinski definition) is 1. The summed E-state index contributed by atoms with van der Waals surface area (Å²) in [6.45, 7) is 4.30. The van der Waals surface area contributed by atoms with Crippen molar-refractivity contribution in [1.82, 2.24) is 10.2 Å². The zero-order valence-electron chi connectivity index (χ0n) is 18.2. The Morgan fingerprint density at radius 1 is 1.15 bits per heavy atom. The number of rotatable bonds is 9. The van der Waals surface area contributed by atoms with E-state index >= 15 is 0 Å². The van der Waals surface area contributed by atoms with Gasteiger partial charge in [0.15, 0.2) is 11.5 Å². The van der Waals surface area contributed by atoms with Gasteiger partial charge in [0.05, 0.1) is 7.11 Å². The first-order valence-electron chi connectivity index (χ1n) is 9.82. The van der Waals surface area contributed by atoms with E-state index < -0.39 is 5.91 Å². The molecule has 0 radical (unpaired) electrons. The van der Waals surface area contributed by atoms with Crippen LogP contribution < -0.4 is 19.5 Å². The van der Waals surface area contributed by atoms with Crippen LogP contribution in [-0.2, 0) is 4.79 Å². The van der Waals surface area contributed by atoms with E-state index in [0.29, 0.717) is 51.2 Å². The van der Waals surface area contributed by atoms with Gasteiger partial charge in [0.2, 0.25) is 5.13 Å². The molecule has 3 rings (SSSR count). The molecule has 0 fully saturated rings. The fourth-order valence-corrected chi connectivity index (χ4v) is 3.44. The van der Waals surface area contributed by atoms with Crippen LogP contribution in [0.15, 0.2) is 42.0 Å². The second kappa shape index (κ2) is 11.3. The number of halogens is 1. The van der Waals surface area contributed by atoms with Crippen LogP contribution in [0.3, 0.4) is 0 Å². The quantitative estimate of drug-likeness (QED) is 0.263. The molecule has 0 saturated carbocycles. The molecule has 0 aliphatic rings. The van der Waals surface area contributed by atoms with Crippen LogP contribution in [0.1, 0.15) is 16.1 Å². The third kappa shape index (κ3) is 6.68. The van der Waals surface area contributed by atoms with E-state index in [2.05, 4.69) is 15.5 Å². The van der Waals surface area contributed by atoms with E-state index in [9.17, 15) is 10.1 Å². The third-order valence-electron chi connectivity index (χ3n) is 4.35. The smallest absolute Gasteiger partial charge is 0.268 e. The van der Waals surface area contributed by atoms with Crippen molar-refractivity contribution in [2.45, 2.75) is 13.8 Å². The second-order valence-corrected chi connectivity index (χ2v) is 8.36. The fourth-order valence-electron chi connectivity index (χ4n) is 2.74. The molecule has 0 saturated heterocycles. The molecular formula is C23H21ClN4O4S. The zero-order valence-corrected chi connectivity index (χ0v) is 19.8. The Balaban J connectivity index is 1.62. The number of amides is 1. The monoisotopic (exact) mass is 484 g/mol. The number of nitriles is 1. The number of ether oxygens (including phenoxy) is 3. The van der Waals surface area contributed by atoms with Crippen molar-refractivity contribution >= 4 is 40.1 Å². The first-order valence-corrected chi connectivity index (χ1v) is 11.0. The van der Waals surface area contributed by atoms with Gasteiger partial charge in [0.1, 0.15) is 35.6 Å². The maximum atomic E-state index is 12.4. The lowest BCUT2D eigenvalue weighted by atomic mass is 10.1. The van der Waals surface area contributed by atoms with Crippen LogP contribution in [-0.4, -0.2) is 36.4 Å². The van der Waals surface area contributed by atoms with Gasteiger partial charge >= 0.3 is 0 Å². The molecule has 0 spiro atoms. The average molecular weight is 485 g/mol. The lowest BCUT2D eigenvalue weighted by Gasteiger charge is -2.12. The van der Waals surface area contributed by atoms with E-state index in [1.54, 1.807) is 37.3 Å². The summed E-state index contributed by atoms with van der Waals surface area (Å²) in [7, 11) is 1.51. The Labute approximate surface area is 200 Å². The average Bonchev–Trinajstić information content (AvgIpc) is 3.22. The standard InChI is InChI=1S/C23H21ClN4O4S/c1-14-10-18(5-6-19(14)24)31-8-9-32-20-7-4-16(12-21(20)30-3)11-17(13-25)22(29)26-23-28-27-15(2)33-23/h4-7,10-12H,8-9H2,1-3H3,(H,26,28,29). The van der Waals surface area contributed by atoms with E-state index in [0.717, 1.165) is 5.56 Å². The van der Waals surface area contributed by atoms with E-state index in [1.807, 2.05) is 19.1 Å². The maximum absolute atomic E-state index is 12.4. The minimum absolute atomic E-state index is 0.0785. The Morgan fingerprint density at radius 2 is 1.94 bits per heavy atom. The predicted octanol–water partition coefficient (Wildman–Crippen LogP) is 4.82. The molecule has 1 aromatic heterocycles. The molecule has 1 heterocycles. The summed E-state index contributed by atoms with van der Waals surface area (Å²) in [5.74, 6) is 1.11. The molecule has 0 bridgehead atoms. The van der Waals surface area contributed by atoms with Crippen LogP contribution in [0, 0.1) is 25.2 Å².